The SMILES string of the molecule is CCOC(=O)c1ccc(CCCc2ccccc2)cc1. The van der Waals surface area contributed by atoms with Gasteiger partial charge in [0.1, 0.15) is 0 Å². The zero-order valence-electron chi connectivity index (χ0n) is 11.8. The Morgan fingerprint density at radius 1 is 0.900 bits per heavy atom. The van der Waals surface area contributed by atoms with Gasteiger partial charge in [-0.25, -0.2) is 4.79 Å². The second-order valence-electron chi connectivity index (χ2n) is 4.76. The van der Waals surface area contributed by atoms with Crippen LogP contribution in [-0.2, 0) is 17.6 Å². The van der Waals surface area contributed by atoms with Crippen molar-refractivity contribution in [3.8, 4) is 0 Å². The first-order chi connectivity index (χ1) is 9.79. The van der Waals surface area contributed by atoms with Crippen LogP contribution in [0.1, 0.15) is 34.8 Å². The van der Waals surface area contributed by atoms with E-state index in [2.05, 4.69) is 24.3 Å². The van der Waals surface area contributed by atoms with E-state index in [1.807, 2.05) is 37.3 Å². The third-order valence-corrected chi connectivity index (χ3v) is 3.24. The highest BCUT2D eigenvalue weighted by molar-refractivity contribution is 5.89. The zero-order valence-corrected chi connectivity index (χ0v) is 11.8. The Bertz CT molecular complexity index is 529. The maximum atomic E-state index is 11.5. The van der Waals surface area contributed by atoms with Crippen molar-refractivity contribution in [2.75, 3.05) is 6.61 Å². The van der Waals surface area contributed by atoms with Gasteiger partial charge in [0, 0.05) is 0 Å². The molecule has 0 fully saturated rings. The molecule has 20 heavy (non-hydrogen) atoms. The van der Waals surface area contributed by atoms with E-state index in [1.165, 1.54) is 11.1 Å². The first-order valence-electron chi connectivity index (χ1n) is 7.09. The van der Waals surface area contributed by atoms with Gasteiger partial charge < -0.3 is 4.74 Å². The number of carbonyl (C=O) groups excluding carboxylic acids is 1. The molecule has 0 radical (unpaired) electrons. The molecule has 0 heterocycles. The lowest BCUT2D eigenvalue weighted by Gasteiger charge is -2.04. The first-order valence-corrected chi connectivity index (χ1v) is 7.09. The average Bonchev–Trinajstić information content (AvgIpc) is 2.49. The molecule has 0 unspecified atom stereocenters. The number of ether oxygens (including phenoxy) is 1. The average molecular weight is 268 g/mol. The predicted molar refractivity (Wildman–Crippen MR) is 80.9 cm³/mol. The number of hydrogen-bond acceptors (Lipinski definition) is 2. The lowest BCUT2D eigenvalue weighted by molar-refractivity contribution is 0.0526. The summed E-state index contributed by atoms with van der Waals surface area (Å²) in [6.07, 6.45) is 3.22. The van der Waals surface area contributed by atoms with E-state index >= 15 is 0 Å². The molecule has 2 heteroatoms. The number of esters is 1. The Hall–Kier alpha value is -2.09. The fraction of sp³-hybridized carbons (Fsp3) is 0.278. The maximum Gasteiger partial charge on any atom is 0.338 e. The molecule has 0 N–H and O–H groups in total. The Morgan fingerprint density at radius 3 is 2.10 bits per heavy atom. The van der Waals surface area contributed by atoms with Crippen LogP contribution in [0.4, 0.5) is 0 Å². The van der Waals surface area contributed by atoms with E-state index in [1.54, 1.807) is 0 Å². The number of benzene rings is 2. The number of aryl methyl sites for hydroxylation is 2. The monoisotopic (exact) mass is 268 g/mol. The van der Waals surface area contributed by atoms with Gasteiger partial charge in [0.15, 0.2) is 0 Å². The molecule has 0 bridgehead atoms. The molecule has 0 aliphatic carbocycles. The van der Waals surface area contributed by atoms with Gasteiger partial charge in [-0.3, -0.25) is 0 Å². The minimum atomic E-state index is -0.247. The van der Waals surface area contributed by atoms with E-state index < -0.39 is 0 Å². The summed E-state index contributed by atoms with van der Waals surface area (Å²) in [5, 5.41) is 0. The minimum absolute atomic E-state index is 0.247. The van der Waals surface area contributed by atoms with E-state index in [0.29, 0.717) is 12.2 Å². The van der Waals surface area contributed by atoms with Gasteiger partial charge in [0.25, 0.3) is 0 Å². The Kier molecular flexibility index (Phi) is 5.36. The highest BCUT2D eigenvalue weighted by atomic mass is 16.5. The van der Waals surface area contributed by atoms with Crippen molar-refractivity contribution in [1.29, 1.82) is 0 Å². The van der Waals surface area contributed by atoms with Gasteiger partial charge in [-0.1, -0.05) is 42.5 Å². The van der Waals surface area contributed by atoms with Crippen LogP contribution in [0.15, 0.2) is 54.6 Å². The van der Waals surface area contributed by atoms with Crippen molar-refractivity contribution < 1.29 is 9.53 Å². The van der Waals surface area contributed by atoms with E-state index in [-0.39, 0.29) is 5.97 Å². The third-order valence-electron chi connectivity index (χ3n) is 3.24. The number of rotatable bonds is 6. The van der Waals surface area contributed by atoms with E-state index in [9.17, 15) is 4.79 Å². The molecular formula is C18H20O2. The van der Waals surface area contributed by atoms with Crippen LogP contribution in [0.25, 0.3) is 0 Å². The summed E-state index contributed by atoms with van der Waals surface area (Å²) in [6, 6.07) is 18.2. The maximum absolute atomic E-state index is 11.5. The molecule has 2 aromatic rings. The molecule has 0 saturated carbocycles. The highest BCUT2D eigenvalue weighted by Crippen LogP contribution is 2.10. The van der Waals surface area contributed by atoms with Gasteiger partial charge in [-0.05, 0) is 49.4 Å². The van der Waals surface area contributed by atoms with Crippen LogP contribution >= 0.6 is 0 Å². The normalized spacial score (nSPS) is 10.2. The molecular weight excluding hydrogens is 248 g/mol. The molecule has 0 amide bonds. The van der Waals surface area contributed by atoms with Gasteiger partial charge >= 0.3 is 5.97 Å². The fourth-order valence-corrected chi connectivity index (χ4v) is 2.16. The Balaban J connectivity index is 1.83. The van der Waals surface area contributed by atoms with Crippen LogP contribution in [0.5, 0.6) is 0 Å². The van der Waals surface area contributed by atoms with Crippen LogP contribution in [0.2, 0.25) is 0 Å². The van der Waals surface area contributed by atoms with Gasteiger partial charge in [-0.15, -0.1) is 0 Å². The summed E-state index contributed by atoms with van der Waals surface area (Å²) in [6.45, 7) is 2.23. The molecule has 0 aliphatic heterocycles. The highest BCUT2D eigenvalue weighted by Gasteiger charge is 2.05. The van der Waals surface area contributed by atoms with Crippen LogP contribution in [0.3, 0.4) is 0 Å². The molecule has 104 valence electrons. The van der Waals surface area contributed by atoms with Gasteiger partial charge in [0.2, 0.25) is 0 Å². The molecule has 2 nitrogen and oxygen atoms in total. The van der Waals surface area contributed by atoms with Crippen LogP contribution < -0.4 is 0 Å². The van der Waals surface area contributed by atoms with Gasteiger partial charge in [-0.2, -0.15) is 0 Å². The summed E-state index contributed by atoms with van der Waals surface area (Å²) < 4.78 is 4.97. The molecule has 0 aromatic heterocycles. The summed E-state index contributed by atoms with van der Waals surface area (Å²) in [4.78, 5) is 11.5. The molecule has 0 atom stereocenters. The summed E-state index contributed by atoms with van der Waals surface area (Å²) in [5.74, 6) is -0.247. The van der Waals surface area contributed by atoms with E-state index in [4.69, 9.17) is 4.74 Å². The predicted octanol–water partition coefficient (Wildman–Crippen LogP) is 4.04. The second-order valence-corrected chi connectivity index (χ2v) is 4.76. The third kappa shape index (κ3) is 4.23. The number of carbonyl (C=O) groups is 1. The first kappa shape index (κ1) is 14.3. The lowest BCUT2D eigenvalue weighted by Crippen LogP contribution is -2.04. The van der Waals surface area contributed by atoms with Crippen molar-refractivity contribution in [1.82, 2.24) is 0 Å². The van der Waals surface area contributed by atoms with Crippen LogP contribution in [0, 0.1) is 0 Å². The minimum Gasteiger partial charge on any atom is -0.462 e. The molecule has 0 saturated heterocycles. The molecule has 2 aromatic carbocycles. The standard InChI is InChI=1S/C18H20O2/c1-2-20-18(19)17-13-11-16(12-14-17)10-6-9-15-7-4-3-5-8-15/h3-5,7-8,11-14H,2,6,9-10H2,1H3. The topological polar surface area (TPSA) is 26.3 Å². The van der Waals surface area contributed by atoms with E-state index in [0.717, 1.165) is 19.3 Å². The molecule has 2 rings (SSSR count). The summed E-state index contributed by atoms with van der Waals surface area (Å²) in [5.41, 5.74) is 3.25. The van der Waals surface area contributed by atoms with Crippen LogP contribution in [-0.4, -0.2) is 12.6 Å². The van der Waals surface area contributed by atoms with Gasteiger partial charge in [0.05, 0.1) is 12.2 Å². The van der Waals surface area contributed by atoms with Crippen molar-refractivity contribution in [2.24, 2.45) is 0 Å². The molecule has 0 spiro atoms. The van der Waals surface area contributed by atoms with Crippen molar-refractivity contribution in [3.63, 3.8) is 0 Å². The second kappa shape index (κ2) is 7.49. The Morgan fingerprint density at radius 2 is 1.50 bits per heavy atom. The van der Waals surface area contributed by atoms with Crippen molar-refractivity contribution in [3.05, 3.63) is 71.3 Å². The number of hydrogen-bond donors (Lipinski definition) is 0. The Labute approximate surface area is 120 Å². The lowest BCUT2D eigenvalue weighted by atomic mass is 10.0. The summed E-state index contributed by atoms with van der Waals surface area (Å²) in [7, 11) is 0. The zero-order chi connectivity index (χ0) is 14.2. The quantitative estimate of drug-likeness (QED) is 0.739. The summed E-state index contributed by atoms with van der Waals surface area (Å²) >= 11 is 0. The smallest absolute Gasteiger partial charge is 0.338 e. The fourth-order valence-electron chi connectivity index (χ4n) is 2.16. The molecule has 0 aliphatic rings. The largest absolute Gasteiger partial charge is 0.462 e. The van der Waals surface area contributed by atoms with Crippen molar-refractivity contribution >= 4 is 5.97 Å². The van der Waals surface area contributed by atoms with Crippen molar-refractivity contribution in [2.45, 2.75) is 26.2 Å².